The summed E-state index contributed by atoms with van der Waals surface area (Å²) in [4.78, 5) is 16.4. The van der Waals surface area contributed by atoms with E-state index in [0.29, 0.717) is 16.7 Å². The summed E-state index contributed by atoms with van der Waals surface area (Å²) in [7, 11) is 0. The van der Waals surface area contributed by atoms with Gasteiger partial charge in [-0.15, -0.1) is 10.2 Å². The fraction of sp³-hybridized carbons (Fsp3) is 0.125. The molecule has 3 aromatic rings. The number of hydrogen-bond donors (Lipinski definition) is 2. The van der Waals surface area contributed by atoms with Gasteiger partial charge in [0.15, 0.2) is 0 Å². The molecule has 9 heteroatoms. The Morgan fingerprint density at radius 1 is 1.32 bits per heavy atom. The summed E-state index contributed by atoms with van der Waals surface area (Å²) in [5, 5.41) is 11.4. The molecular weight excluding hydrogens is 404 g/mol. The minimum absolute atomic E-state index is 0.141. The van der Waals surface area contributed by atoms with Crippen molar-refractivity contribution in [2.45, 2.75) is 12.1 Å². The number of carbonyl (C=O) groups excluding carboxylic acids is 1. The molecule has 0 saturated carbocycles. The summed E-state index contributed by atoms with van der Waals surface area (Å²) < 4.78 is 2.31. The van der Waals surface area contributed by atoms with Crippen molar-refractivity contribution in [1.82, 2.24) is 19.9 Å². The second-order valence-electron chi connectivity index (χ2n) is 5.19. The Labute approximate surface area is 157 Å². The maximum atomic E-state index is 12.2. The molecule has 0 spiro atoms. The molecule has 0 saturated heterocycles. The first-order valence-electron chi connectivity index (χ1n) is 7.35. The molecule has 25 heavy (non-hydrogen) atoms. The number of nitrogens with two attached hydrogens (primary N) is 1. The number of hydrogen-bond acceptors (Lipinski definition) is 6. The van der Waals surface area contributed by atoms with Crippen molar-refractivity contribution in [1.29, 1.82) is 0 Å². The van der Waals surface area contributed by atoms with E-state index in [1.54, 1.807) is 12.3 Å². The zero-order chi connectivity index (χ0) is 17.8. The van der Waals surface area contributed by atoms with Crippen molar-refractivity contribution < 1.29 is 4.79 Å². The van der Waals surface area contributed by atoms with Crippen LogP contribution in [0.4, 0.5) is 5.69 Å². The summed E-state index contributed by atoms with van der Waals surface area (Å²) in [6.07, 6.45) is 1.66. The molecule has 0 atom stereocenters. The Balaban J connectivity index is 1.64. The van der Waals surface area contributed by atoms with Gasteiger partial charge in [0.05, 0.1) is 5.75 Å². The van der Waals surface area contributed by atoms with Crippen LogP contribution < -0.4 is 11.2 Å². The van der Waals surface area contributed by atoms with Gasteiger partial charge < -0.3 is 11.2 Å². The zero-order valence-electron chi connectivity index (χ0n) is 13.3. The molecular formula is C16H15BrN6OS. The number of thioether (sulfide) groups is 1. The van der Waals surface area contributed by atoms with Gasteiger partial charge in [-0.25, -0.2) is 4.68 Å². The maximum absolute atomic E-state index is 12.2. The van der Waals surface area contributed by atoms with E-state index in [1.807, 2.05) is 37.3 Å². The van der Waals surface area contributed by atoms with Crippen LogP contribution in [0, 0.1) is 6.92 Å². The van der Waals surface area contributed by atoms with E-state index >= 15 is 0 Å². The van der Waals surface area contributed by atoms with Crippen LogP contribution in [0.3, 0.4) is 0 Å². The molecule has 0 unspecified atom stereocenters. The number of carbonyl (C=O) groups is 1. The van der Waals surface area contributed by atoms with E-state index in [2.05, 4.69) is 36.4 Å². The molecule has 0 aliphatic heterocycles. The van der Waals surface area contributed by atoms with E-state index in [1.165, 1.54) is 16.4 Å². The molecule has 3 N–H and O–H groups in total. The monoisotopic (exact) mass is 418 g/mol. The zero-order valence-corrected chi connectivity index (χ0v) is 15.7. The Bertz CT molecular complexity index is 899. The van der Waals surface area contributed by atoms with Crippen molar-refractivity contribution in [3.05, 3.63) is 52.6 Å². The standard InChI is InChI=1S/C16H15BrN6OS/c1-10-8-11(17)5-6-12(10)20-14(24)9-25-16-22-21-15(23(16)18)13-4-2-3-7-19-13/h2-8H,9,18H2,1H3,(H,20,24). The predicted molar refractivity (Wildman–Crippen MR) is 102 cm³/mol. The van der Waals surface area contributed by atoms with Gasteiger partial charge >= 0.3 is 0 Å². The van der Waals surface area contributed by atoms with Crippen molar-refractivity contribution in [3.63, 3.8) is 0 Å². The second kappa shape index (κ2) is 7.66. The lowest BCUT2D eigenvalue weighted by Gasteiger charge is -2.08. The average Bonchev–Trinajstić information content (AvgIpc) is 2.97. The smallest absolute Gasteiger partial charge is 0.234 e. The van der Waals surface area contributed by atoms with Crippen LogP contribution in [-0.2, 0) is 4.79 Å². The first kappa shape index (κ1) is 17.4. The van der Waals surface area contributed by atoms with Crippen molar-refractivity contribution in [2.24, 2.45) is 0 Å². The molecule has 1 amide bonds. The molecule has 0 bridgehead atoms. The van der Waals surface area contributed by atoms with E-state index in [-0.39, 0.29) is 11.7 Å². The molecule has 0 aliphatic rings. The minimum Gasteiger partial charge on any atom is -0.335 e. The Morgan fingerprint density at radius 3 is 2.88 bits per heavy atom. The molecule has 2 heterocycles. The quantitative estimate of drug-likeness (QED) is 0.488. The number of anilines is 1. The van der Waals surface area contributed by atoms with Crippen LogP contribution in [0.1, 0.15) is 5.56 Å². The Morgan fingerprint density at radius 2 is 2.16 bits per heavy atom. The Hall–Kier alpha value is -2.39. The van der Waals surface area contributed by atoms with Gasteiger partial charge in [-0.2, -0.15) is 0 Å². The predicted octanol–water partition coefficient (Wildman–Crippen LogP) is 2.86. The highest BCUT2D eigenvalue weighted by molar-refractivity contribution is 9.10. The summed E-state index contributed by atoms with van der Waals surface area (Å²) in [6.45, 7) is 1.93. The third kappa shape index (κ3) is 4.18. The highest BCUT2D eigenvalue weighted by atomic mass is 79.9. The van der Waals surface area contributed by atoms with Crippen LogP contribution in [0.5, 0.6) is 0 Å². The van der Waals surface area contributed by atoms with Crippen molar-refractivity contribution >= 4 is 39.3 Å². The number of nitrogen functional groups attached to an aromatic ring is 1. The lowest BCUT2D eigenvalue weighted by molar-refractivity contribution is -0.113. The number of benzene rings is 1. The van der Waals surface area contributed by atoms with Crippen LogP contribution in [0.25, 0.3) is 11.5 Å². The lowest BCUT2D eigenvalue weighted by atomic mass is 10.2. The van der Waals surface area contributed by atoms with Gasteiger partial charge in [0.1, 0.15) is 5.69 Å². The number of rotatable bonds is 5. The summed E-state index contributed by atoms with van der Waals surface area (Å²) in [6, 6.07) is 11.1. The largest absolute Gasteiger partial charge is 0.335 e. The number of aryl methyl sites for hydroxylation is 1. The third-order valence-corrected chi connectivity index (χ3v) is 4.79. The fourth-order valence-corrected chi connectivity index (χ4v) is 3.26. The minimum atomic E-state index is -0.141. The number of aromatic nitrogens is 4. The van der Waals surface area contributed by atoms with E-state index < -0.39 is 0 Å². The first-order chi connectivity index (χ1) is 12.0. The van der Waals surface area contributed by atoms with E-state index in [9.17, 15) is 4.79 Å². The third-order valence-electron chi connectivity index (χ3n) is 3.35. The lowest BCUT2D eigenvalue weighted by Crippen LogP contribution is -2.17. The van der Waals surface area contributed by atoms with Gasteiger partial charge in [0.25, 0.3) is 0 Å². The van der Waals surface area contributed by atoms with Crippen LogP contribution in [0.15, 0.2) is 52.2 Å². The number of pyridine rings is 1. The highest BCUT2D eigenvalue weighted by Crippen LogP contribution is 2.22. The molecule has 0 aliphatic carbocycles. The average molecular weight is 419 g/mol. The molecule has 2 aromatic heterocycles. The molecule has 7 nitrogen and oxygen atoms in total. The van der Waals surface area contributed by atoms with Gasteiger partial charge in [-0.1, -0.05) is 33.8 Å². The fourth-order valence-electron chi connectivity index (χ4n) is 2.13. The van der Waals surface area contributed by atoms with Gasteiger partial charge in [-0.05, 0) is 42.8 Å². The second-order valence-corrected chi connectivity index (χ2v) is 7.05. The SMILES string of the molecule is Cc1cc(Br)ccc1NC(=O)CSc1nnc(-c2ccccn2)n1N. The molecule has 1 aromatic carbocycles. The van der Waals surface area contributed by atoms with Crippen LogP contribution in [-0.4, -0.2) is 31.5 Å². The number of nitrogens with one attached hydrogen (secondary N) is 1. The number of nitrogens with zero attached hydrogens (tertiary/aromatic N) is 4. The topological polar surface area (TPSA) is 98.7 Å². The highest BCUT2D eigenvalue weighted by Gasteiger charge is 2.14. The Kier molecular flexibility index (Phi) is 5.34. The summed E-state index contributed by atoms with van der Waals surface area (Å²) in [5.74, 6) is 6.49. The van der Waals surface area contributed by atoms with Crippen molar-refractivity contribution in [3.8, 4) is 11.5 Å². The summed E-state index contributed by atoms with van der Waals surface area (Å²) in [5.41, 5.74) is 2.38. The maximum Gasteiger partial charge on any atom is 0.234 e. The molecule has 128 valence electrons. The number of amides is 1. The van der Waals surface area contributed by atoms with Gasteiger partial charge in [0, 0.05) is 16.4 Å². The van der Waals surface area contributed by atoms with E-state index in [0.717, 1.165) is 15.7 Å². The van der Waals surface area contributed by atoms with Gasteiger partial charge in [-0.3, -0.25) is 9.78 Å². The van der Waals surface area contributed by atoms with Crippen LogP contribution in [0.2, 0.25) is 0 Å². The number of halogens is 1. The first-order valence-corrected chi connectivity index (χ1v) is 9.13. The molecule has 0 fully saturated rings. The van der Waals surface area contributed by atoms with E-state index in [4.69, 9.17) is 5.84 Å². The normalized spacial score (nSPS) is 10.6. The van der Waals surface area contributed by atoms with Crippen LogP contribution >= 0.6 is 27.7 Å². The molecule has 3 rings (SSSR count). The summed E-state index contributed by atoms with van der Waals surface area (Å²) >= 11 is 4.61. The van der Waals surface area contributed by atoms with Gasteiger partial charge in [0.2, 0.25) is 16.9 Å². The molecule has 0 radical (unpaired) electrons. The van der Waals surface area contributed by atoms with Crippen molar-refractivity contribution in [2.75, 3.05) is 16.9 Å².